The summed E-state index contributed by atoms with van der Waals surface area (Å²) in [6.45, 7) is 3.20. The van der Waals surface area contributed by atoms with Crippen LogP contribution in [0.1, 0.15) is 28.0 Å². The number of benzene rings is 1. The van der Waals surface area contributed by atoms with E-state index in [0.29, 0.717) is 30.8 Å². The normalized spacial score (nSPS) is 21.3. The summed E-state index contributed by atoms with van der Waals surface area (Å²) in [5.41, 5.74) is 3.24. The van der Waals surface area contributed by atoms with Gasteiger partial charge in [0.25, 0.3) is 5.91 Å². The number of amides is 1. The van der Waals surface area contributed by atoms with Gasteiger partial charge in [0.15, 0.2) is 6.17 Å². The van der Waals surface area contributed by atoms with Crippen molar-refractivity contribution in [3.8, 4) is 5.75 Å². The third-order valence-electron chi connectivity index (χ3n) is 5.71. The first-order valence-electron chi connectivity index (χ1n) is 9.76. The largest absolute Gasteiger partial charge is 0.487 e. The van der Waals surface area contributed by atoms with Gasteiger partial charge in [-0.3, -0.25) is 9.48 Å². The van der Waals surface area contributed by atoms with Gasteiger partial charge in [0.05, 0.1) is 36.1 Å². The van der Waals surface area contributed by atoms with Gasteiger partial charge in [0.1, 0.15) is 17.7 Å². The maximum atomic E-state index is 15.0. The molecule has 2 aliphatic rings. The molecule has 0 saturated carbocycles. The molecule has 0 radical (unpaired) electrons. The van der Waals surface area contributed by atoms with E-state index in [4.69, 9.17) is 4.74 Å². The number of carbonyl (C=O) groups excluding carboxylic acids is 1. The molecule has 7 nitrogen and oxygen atoms in total. The van der Waals surface area contributed by atoms with E-state index in [1.165, 1.54) is 0 Å². The number of piperidine rings is 1. The number of nitrogens with zero attached hydrogens (tertiary/aromatic N) is 4. The minimum absolute atomic E-state index is 0.0942. The van der Waals surface area contributed by atoms with Crippen molar-refractivity contribution in [1.29, 1.82) is 0 Å². The number of hydrogen-bond donors (Lipinski definition) is 1. The summed E-state index contributed by atoms with van der Waals surface area (Å²) < 4.78 is 22.7. The van der Waals surface area contributed by atoms with Gasteiger partial charge in [-0.2, -0.15) is 5.10 Å². The highest BCUT2D eigenvalue weighted by molar-refractivity contribution is 5.98. The van der Waals surface area contributed by atoms with E-state index in [9.17, 15) is 9.18 Å². The highest BCUT2D eigenvalue weighted by Crippen LogP contribution is 2.29. The van der Waals surface area contributed by atoms with Crippen molar-refractivity contribution in [2.75, 3.05) is 18.0 Å². The topological polar surface area (TPSA) is 72.3 Å². The Kier molecular flexibility index (Phi) is 4.15. The molecule has 1 fully saturated rings. The zero-order valence-electron chi connectivity index (χ0n) is 16.4. The second-order valence-electron chi connectivity index (χ2n) is 7.70. The first-order valence-corrected chi connectivity index (χ1v) is 9.76. The van der Waals surface area contributed by atoms with E-state index >= 15 is 0 Å². The van der Waals surface area contributed by atoms with Crippen molar-refractivity contribution in [3.63, 3.8) is 0 Å². The van der Waals surface area contributed by atoms with Crippen LogP contribution in [0.5, 0.6) is 5.75 Å². The third kappa shape index (κ3) is 3.08. The molecule has 0 unspecified atom stereocenters. The summed E-state index contributed by atoms with van der Waals surface area (Å²) in [6.07, 6.45) is 0.697. The van der Waals surface area contributed by atoms with Gasteiger partial charge in [-0.1, -0.05) is 0 Å². The summed E-state index contributed by atoms with van der Waals surface area (Å²) in [7, 11) is 1.89. The van der Waals surface area contributed by atoms with Crippen LogP contribution < -0.4 is 15.0 Å². The van der Waals surface area contributed by atoms with E-state index in [2.05, 4.69) is 15.4 Å². The van der Waals surface area contributed by atoms with Crippen LogP contribution in [-0.4, -0.2) is 46.0 Å². The lowest BCUT2D eigenvalue weighted by molar-refractivity contribution is 0.0820. The SMILES string of the molecule is Cc1cc2c(nc1N1CC[C@@H](Oc3ccc4c(cnn4C)c3)[C@H](F)C1)CNC2=O. The Balaban J connectivity index is 1.31. The van der Waals surface area contributed by atoms with Gasteiger partial charge >= 0.3 is 0 Å². The number of nitrogens with one attached hydrogen (secondary N) is 1. The Hall–Kier alpha value is -3.16. The number of fused-ring (bicyclic) bond motifs is 2. The van der Waals surface area contributed by atoms with E-state index in [0.717, 1.165) is 28.0 Å². The second-order valence-corrected chi connectivity index (χ2v) is 7.70. The zero-order chi connectivity index (χ0) is 20.1. The van der Waals surface area contributed by atoms with Crippen LogP contribution in [0.15, 0.2) is 30.5 Å². The highest BCUT2D eigenvalue weighted by atomic mass is 19.1. The maximum Gasteiger partial charge on any atom is 0.253 e. The van der Waals surface area contributed by atoms with E-state index in [1.54, 1.807) is 10.9 Å². The van der Waals surface area contributed by atoms with Gasteiger partial charge in [0, 0.05) is 25.4 Å². The number of halogens is 1. The Bertz CT molecular complexity index is 1110. The minimum atomic E-state index is -1.14. The van der Waals surface area contributed by atoms with Crippen molar-refractivity contribution < 1.29 is 13.9 Å². The number of aromatic nitrogens is 3. The highest BCUT2D eigenvalue weighted by Gasteiger charge is 2.33. The lowest BCUT2D eigenvalue weighted by Gasteiger charge is -2.36. The van der Waals surface area contributed by atoms with Crippen molar-refractivity contribution >= 4 is 22.6 Å². The van der Waals surface area contributed by atoms with Crippen LogP contribution in [0.2, 0.25) is 0 Å². The molecule has 3 aromatic rings. The van der Waals surface area contributed by atoms with Crippen molar-refractivity contribution in [2.45, 2.75) is 32.2 Å². The Morgan fingerprint density at radius 3 is 3.00 bits per heavy atom. The molecule has 2 atom stereocenters. The lowest BCUT2D eigenvalue weighted by atomic mass is 10.0. The number of ether oxygens (including phenoxy) is 1. The van der Waals surface area contributed by atoms with Crippen molar-refractivity contribution in [1.82, 2.24) is 20.1 Å². The summed E-state index contributed by atoms with van der Waals surface area (Å²) in [5.74, 6) is 1.31. The Morgan fingerprint density at radius 1 is 1.31 bits per heavy atom. The fourth-order valence-corrected chi connectivity index (χ4v) is 4.15. The molecule has 1 aromatic carbocycles. The first kappa shape index (κ1) is 17.9. The standard InChI is InChI=1S/C21H22FN5O2/c1-12-7-15-17(10-23-21(15)28)25-20(12)27-6-5-19(16(22)11-27)29-14-3-4-18-13(8-14)9-24-26(18)2/h3-4,7-9,16,19H,5-6,10-11H2,1-2H3,(H,23,28)/t16-,19-/m1/s1. The Morgan fingerprint density at radius 2 is 2.17 bits per heavy atom. The monoisotopic (exact) mass is 395 g/mol. The third-order valence-corrected chi connectivity index (χ3v) is 5.71. The van der Waals surface area contributed by atoms with E-state index in [-0.39, 0.29) is 12.5 Å². The Labute approximate surface area is 167 Å². The molecule has 0 bridgehead atoms. The van der Waals surface area contributed by atoms with Gasteiger partial charge in [0.2, 0.25) is 0 Å². The minimum Gasteiger partial charge on any atom is -0.487 e. The summed E-state index contributed by atoms with van der Waals surface area (Å²) >= 11 is 0. The molecule has 8 heteroatoms. The van der Waals surface area contributed by atoms with Gasteiger partial charge in [-0.05, 0) is 36.8 Å². The molecule has 150 valence electrons. The maximum absolute atomic E-state index is 15.0. The lowest BCUT2D eigenvalue weighted by Crippen LogP contribution is -2.47. The second kappa shape index (κ2) is 6.72. The predicted octanol–water partition coefficient (Wildman–Crippen LogP) is 2.52. The molecule has 0 aliphatic carbocycles. The van der Waals surface area contributed by atoms with Crippen molar-refractivity contribution in [2.24, 2.45) is 7.05 Å². The summed E-state index contributed by atoms with van der Waals surface area (Å²) in [5, 5.41) is 7.98. The van der Waals surface area contributed by atoms with E-state index in [1.807, 2.05) is 43.1 Å². The van der Waals surface area contributed by atoms with Gasteiger partial charge < -0.3 is 15.0 Å². The molecular formula is C21H22FN5O2. The van der Waals surface area contributed by atoms with Crippen LogP contribution in [0.25, 0.3) is 10.9 Å². The number of rotatable bonds is 3. The number of anilines is 1. The number of carbonyl (C=O) groups is 1. The average molecular weight is 395 g/mol. The molecule has 5 rings (SSSR count). The summed E-state index contributed by atoms with van der Waals surface area (Å²) in [6, 6.07) is 7.54. The number of hydrogen-bond acceptors (Lipinski definition) is 5. The van der Waals surface area contributed by atoms with Gasteiger partial charge in [-0.25, -0.2) is 9.37 Å². The van der Waals surface area contributed by atoms with Crippen LogP contribution in [0.4, 0.5) is 10.2 Å². The molecule has 2 aliphatic heterocycles. The molecule has 2 aromatic heterocycles. The average Bonchev–Trinajstić information content (AvgIpc) is 3.25. The van der Waals surface area contributed by atoms with Crippen LogP contribution >= 0.6 is 0 Å². The number of pyridine rings is 1. The van der Waals surface area contributed by atoms with E-state index < -0.39 is 12.3 Å². The smallest absolute Gasteiger partial charge is 0.253 e. The van der Waals surface area contributed by atoms with Crippen LogP contribution in [0.3, 0.4) is 0 Å². The van der Waals surface area contributed by atoms with Gasteiger partial charge in [-0.15, -0.1) is 0 Å². The van der Waals surface area contributed by atoms with Crippen LogP contribution in [-0.2, 0) is 13.6 Å². The molecule has 0 spiro atoms. The number of alkyl halides is 1. The molecule has 1 saturated heterocycles. The number of aryl methyl sites for hydroxylation is 2. The fourth-order valence-electron chi connectivity index (χ4n) is 4.15. The first-order chi connectivity index (χ1) is 14.0. The zero-order valence-corrected chi connectivity index (χ0v) is 16.4. The molecular weight excluding hydrogens is 373 g/mol. The fraction of sp³-hybridized carbons (Fsp3) is 0.381. The summed E-state index contributed by atoms with van der Waals surface area (Å²) in [4.78, 5) is 18.4. The van der Waals surface area contributed by atoms with Crippen LogP contribution in [0, 0.1) is 6.92 Å². The molecule has 1 amide bonds. The quantitative estimate of drug-likeness (QED) is 0.738. The molecule has 4 heterocycles. The van der Waals surface area contributed by atoms with Crippen molar-refractivity contribution in [3.05, 3.63) is 47.3 Å². The molecule has 29 heavy (non-hydrogen) atoms. The molecule has 1 N–H and O–H groups in total. The predicted molar refractivity (Wildman–Crippen MR) is 107 cm³/mol.